The first-order chi connectivity index (χ1) is 18.5. The van der Waals surface area contributed by atoms with Crippen LogP contribution in [0.3, 0.4) is 0 Å². The number of hydrogen-bond acceptors (Lipinski definition) is 4. The molecular formula is C28H29F2N5O3S. The van der Waals surface area contributed by atoms with Gasteiger partial charge < -0.3 is 14.8 Å². The highest BCUT2D eigenvalue weighted by Crippen LogP contribution is 2.48. The van der Waals surface area contributed by atoms with Crippen LogP contribution >= 0.6 is 10.0 Å². The van der Waals surface area contributed by atoms with Gasteiger partial charge in [0, 0.05) is 48.4 Å². The second-order valence-corrected chi connectivity index (χ2v) is 14.4. The van der Waals surface area contributed by atoms with Crippen molar-refractivity contribution in [1.29, 1.82) is 0 Å². The van der Waals surface area contributed by atoms with Gasteiger partial charge in [0.25, 0.3) is 5.91 Å². The average molecular weight is 554 g/mol. The molecule has 11 heteroatoms. The fourth-order valence-electron chi connectivity index (χ4n) is 5.13. The van der Waals surface area contributed by atoms with Crippen molar-refractivity contribution in [3.8, 4) is 0 Å². The number of carbonyl (C=O) groups excluding carboxylic acids is 2. The van der Waals surface area contributed by atoms with E-state index in [1.165, 1.54) is 21.6 Å². The van der Waals surface area contributed by atoms with Crippen molar-refractivity contribution in [1.82, 2.24) is 19.2 Å². The second-order valence-electron chi connectivity index (χ2n) is 10.3. The standard InChI is InChI=1S/C28H29F2N5O3S/c1-33-23-11-12-34(25(37)16-35-22-8-6-5-7-17(22)15-31-35)26(19(23)9-10-24(33)36)28(38)32-18-13-20(29)27(21(30)14-18)39(2,3)4/h5-10,13-15,26H,11-12,16H2,1-4H3,(H,32,38). The van der Waals surface area contributed by atoms with Crippen molar-refractivity contribution < 1.29 is 18.4 Å². The van der Waals surface area contributed by atoms with Gasteiger partial charge in [-0.1, -0.05) is 18.2 Å². The summed E-state index contributed by atoms with van der Waals surface area (Å²) < 4.78 is 32.8. The average Bonchev–Trinajstić information content (AvgIpc) is 3.27. The highest BCUT2D eigenvalue weighted by Gasteiger charge is 2.37. The SMILES string of the molecule is Cn1c2c(ccc1=O)C(C(=O)Nc1cc(F)c(S(C)(C)C)c(F)c1)N(C(=O)Cn1ncc3ccccc31)CC2. The molecule has 3 heterocycles. The van der Waals surface area contributed by atoms with Crippen LogP contribution in [-0.4, -0.2) is 56.4 Å². The number of aromatic nitrogens is 3. The van der Waals surface area contributed by atoms with Crippen LogP contribution < -0.4 is 10.9 Å². The number of benzene rings is 2. The van der Waals surface area contributed by atoms with Crippen molar-refractivity contribution in [3.63, 3.8) is 0 Å². The lowest BCUT2D eigenvalue weighted by atomic mass is 9.95. The van der Waals surface area contributed by atoms with E-state index < -0.39 is 33.6 Å². The summed E-state index contributed by atoms with van der Waals surface area (Å²) in [5, 5.41) is 7.81. The first-order valence-corrected chi connectivity index (χ1v) is 15.2. The number of carbonyl (C=O) groups is 2. The Morgan fingerprint density at radius 2 is 1.77 bits per heavy atom. The number of hydrogen-bond donors (Lipinski definition) is 1. The number of nitrogens with one attached hydrogen (secondary N) is 1. The van der Waals surface area contributed by atoms with Gasteiger partial charge in [-0.2, -0.15) is 5.10 Å². The van der Waals surface area contributed by atoms with Crippen LogP contribution in [0.5, 0.6) is 0 Å². The van der Waals surface area contributed by atoms with Crippen molar-refractivity contribution in [3.05, 3.63) is 88.0 Å². The van der Waals surface area contributed by atoms with Gasteiger partial charge in [0.1, 0.15) is 24.2 Å². The monoisotopic (exact) mass is 553 g/mol. The molecule has 0 saturated heterocycles. The molecule has 1 aliphatic heterocycles. The molecule has 0 spiro atoms. The smallest absolute Gasteiger partial charge is 0.251 e. The number of halogens is 2. The third-order valence-electron chi connectivity index (χ3n) is 6.95. The fourth-order valence-corrected chi connectivity index (χ4v) is 6.42. The molecule has 39 heavy (non-hydrogen) atoms. The predicted molar refractivity (Wildman–Crippen MR) is 148 cm³/mol. The van der Waals surface area contributed by atoms with Crippen LogP contribution in [-0.2, 0) is 29.6 Å². The highest BCUT2D eigenvalue weighted by molar-refractivity contribution is 8.32. The quantitative estimate of drug-likeness (QED) is 0.407. The Balaban J connectivity index is 1.50. The van der Waals surface area contributed by atoms with Gasteiger partial charge in [-0.25, -0.2) is 18.8 Å². The summed E-state index contributed by atoms with van der Waals surface area (Å²) >= 11 is 0. The minimum Gasteiger partial charge on any atom is -0.324 e. The van der Waals surface area contributed by atoms with Crippen molar-refractivity contribution >= 4 is 38.4 Å². The number of amides is 2. The van der Waals surface area contributed by atoms with E-state index in [0.29, 0.717) is 17.7 Å². The van der Waals surface area contributed by atoms with E-state index in [1.54, 1.807) is 36.7 Å². The lowest BCUT2D eigenvalue weighted by Gasteiger charge is -2.37. The van der Waals surface area contributed by atoms with Gasteiger partial charge in [-0.3, -0.25) is 19.1 Å². The van der Waals surface area contributed by atoms with E-state index in [2.05, 4.69) is 10.4 Å². The summed E-state index contributed by atoms with van der Waals surface area (Å²) in [5.74, 6) is -2.47. The summed E-state index contributed by atoms with van der Waals surface area (Å²) in [7, 11) is -0.0827. The Bertz CT molecular complexity index is 1650. The third-order valence-corrected chi connectivity index (χ3v) is 8.57. The molecule has 204 valence electrons. The minimum absolute atomic E-state index is 0.00163. The van der Waals surface area contributed by atoms with Gasteiger partial charge in [0.2, 0.25) is 11.5 Å². The van der Waals surface area contributed by atoms with Crippen LogP contribution in [0.25, 0.3) is 10.9 Å². The maximum Gasteiger partial charge on any atom is 0.251 e. The maximum atomic E-state index is 14.9. The molecular weight excluding hydrogens is 524 g/mol. The van der Waals surface area contributed by atoms with Crippen LogP contribution in [0, 0.1) is 11.6 Å². The highest BCUT2D eigenvalue weighted by atomic mass is 32.3. The maximum absolute atomic E-state index is 14.9. The molecule has 4 aromatic rings. The van der Waals surface area contributed by atoms with Crippen LogP contribution in [0.15, 0.2) is 64.4 Å². The largest absolute Gasteiger partial charge is 0.324 e. The van der Waals surface area contributed by atoms with Crippen molar-refractivity contribution in [2.24, 2.45) is 7.05 Å². The van der Waals surface area contributed by atoms with Crippen molar-refractivity contribution in [2.45, 2.75) is 23.9 Å². The van der Waals surface area contributed by atoms with Gasteiger partial charge in [0.15, 0.2) is 0 Å². The molecule has 2 aromatic heterocycles. The molecule has 0 saturated carbocycles. The van der Waals surface area contributed by atoms with E-state index in [-0.39, 0.29) is 35.1 Å². The molecule has 2 aromatic carbocycles. The Hall–Kier alpha value is -3.99. The molecule has 0 bridgehead atoms. The molecule has 5 rings (SSSR count). The first kappa shape index (κ1) is 26.6. The second kappa shape index (κ2) is 9.96. The molecule has 0 radical (unpaired) electrons. The number of anilines is 1. The number of fused-ring (bicyclic) bond motifs is 2. The lowest BCUT2D eigenvalue weighted by molar-refractivity contribution is -0.140. The van der Waals surface area contributed by atoms with E-state index in [0.717, 1.165) is 23.0 Å². The molecule has 0 fully saturated rings. The molecule has 1 aliphatic rings. The normalized spacial score (nSPS) is 15.7. The molecule has 1 atom stereocenters. The van der Waals surface area contributed by atoms with Crippen LogP contribution in [0.1, 0.15) is 17.3 Å². The van der Waals surface area contributed by atoms with Crippen LogP contribution in [0.4, 0.5) is 14.5 Å². The van der Waals surface area contributed by atoms with E-state index in [4.69, 9.17) is 0 Å². The number of para-hydroxylation sites is 1. The van der Waals surface area contributed by atoms with Crippen molar-refractivity contribution in [2.75, 3.05) is 30.6 Å². The lowest BCUT2D eigenvalue weighted by Crippen LogP contribution is -2.48. The van der Waals surface area contributed by atoms with E-state index in [9.17, 15) is 23.2 Å². The summed E-state index contributed by atoms with van der Waals surface area (Å²) in [6.45, 7) is 0.0696. The summed E-state index contributed by atoms with van der Waals surface area (Å²) in [6, 6.07) is 11.4. The Kier molecular flexibility index (Phi) is 6.79. The molecule has 0 aliphatic carbocycles. The zero-order valence-electron chi connectivity index (χ0n) is 22.1. The molecule has 2 amide bonds. The number of nitrogens with zero attached hydrogens (tertiary/aromatic N) is 4. The summed E-state index contributed by atoms with van der Waals surface area (Å²) in [5.41, 5.74) is 1.60. The molecule has 1 unspecified atom stereocenters. The third kappa shape index (κ3) is 4.94. The topological polar surface area (TPSA) is 89.2 Å². The Labute approximate surface area is 225 Å². The van der Waals surface area contributed by atoms with E-state index >= 15 is 0 Å². The van der Waals surface area contributed by atoms with Crippen LogP contribution in [0.2, 0.25) is 0 Å². The van der Waals surface area contributed by atoms with Gasteiger partial charge in [0.05, 0.1) is 16.6 Å². The summed E-state index contributed by atoms with van der Waals surface area (Å²) in [6.07, 6.45) is 7.37. The predicted octanol–water partition coefficient (Wildman–Crippen LogP) is 3.83. The zero-order chi connectivity index (χ0) is 28.1. The van der Waals surface area contributed by atoms with Gasteiger partial charge in [-0.05, 0) is 43.0 Å². The Morgan fingerprint density at radius 3 is 2.46 bits per heavy atom. The Morgan fingerprint density at radius 1 is 1.08 bits per heavy atom. The molecule has 8 nitrogen and oxygen atoms in total. The number of rotatable bonds is 5. The fraction of sp³-hybridized carbons (Fsp3) is 0.286. The van der Waals surface area contributed by atoms with E-state index in [1.807, 2.05) is 24.3 Å². The molecule has 1 N–H and O–H groups in total. The minimum atomic E-state index is -1.70. The van der Waals surface area contributed by atoms with Gasteiger partial charge in [-0.15, -0.1) is 0 Å². The summed E-state index contributed by atoms with van der Waals surface area (Å²) in [4.78, 5) is 41.0. The number of pyridine rings is 1. The zero-order valence-corrected chi connectivity index (χ0v) is 22.9. The first-order valence-electron chi connectivity index (χ1n) is 12.3. The van der Waals surface area contributed by atoms with Gasteiger partial charge >= 0.3 is 0 Å².